The fourth-order valence-corrected chi connectivity index (χ4v) is 2.77. The van der Waals surface area contributed by atoms with E-state index in [9.17, 15) is 9.59 Å². The molecular formula is C15H22N4O3. The smallest absolute Gasteiger partial charge is 0.246 e. The molecule has 1 saturated carbocycles. The Bertz CT molecular complexity index is 553. The SMILES string of the molecule is COCCNC(=O)[C@H]1CN(C(=O)CC2CC2)Cc2ccnn21. The molecule has 0 aromatic carbocycles. The van der Waals surface area contributed by atoms with E-state index in [0.717, 1.165) is 18.5 Å². The lowest BCUT2D eigenvalue weighted by molar-refractivity contribution is -0.136. The van der Waals surface area contributed by atoms with Crippen molar-refractivity contribution in [3.63, 3.8) is 0 Å². The maximum atomic E-state index is 12.4. The third-order valence-corrected chi connectivity index (χ3v) is 4.21. The highest BCUT2D eigenvalue weighted by Crippen LogP contribution is 2.33. The summed E-state index contributed by atoms with van der Waals surface area (Å²) in [7, 11) is 1.59. The number of amides is 2. The molecule has 7 nitrogen and oxygen atoms in total. The normalized spacial score (nSPS) is 20.6. The monoisotopic (exact) mass is 306 g/mol. The van der Waals surface area contributed by atoms with Gasteiger partial charge in [0.15, 0.2) is 0 Å². The Kier molecular flexibility index (Phi) is 4.42. The van der Waals surface area contributed by atoms with Crippen LogP contribution in [0.25, 0.3) is 0 Å². The van der Waals surface area contributed by atoms with Gasteiger partial charge < -0.3 is 15.0 Å². The minimum atomic E-state index is -0.459. The van der Waals surface area contributed by atoms with E-state index in [2.05, 4.69) is 10.4 Å². The molecule has 0 saturated heterocycles. The summed E-state index contributed by atoms with van der Waals surface area (Å²) in [6.07, 6.45) is 4.59. The van der Waals surface area contributed by atoms with Gasteiger partial charge in [0.1, 0.15) is 6.04 Å². The molecule has 2 amide bonds. The summed E-state index contributed by atoms with van der Waals surface area (Å²) in [4.78, 5) is 26.5. The zero-order valence-electron chi connectivity index (χ0n) is 12.8. The first kappa shape index (κ1) is 15.0. The van der Waals surface area contributed by atoms with Crippen molar-refractivity contribution in [3.05, 3.63) is 18.0 Å². The minimum Gasteiger partial charge on any atom is -0.383 e. The molecule has 1 N–H and O–H groups in total. The molecule has 0 unspecified atom stereocenters. The van der Waals surface area contributed by atoms with Gasteiger partial charge in [0.05, 0.1) is 25.4 Å². The fraction of sp³-hybridized carbons (Fsp3) is 0.667. The van der Waals surface area contributed by atoms with Crippen LogP contribution in [0.2, 0.25) is 0 Å². The van der Waals surface area contributed by atoms with Crippen LogP contribution in [-0.4, -0.2) is 53.3 Å². The van der Waals surface area contributed by atoms with Crippen LogP contribution in [0.3, 0.4) is 0 Å². The maximum Gasteiger partial charge on any atom is 0.246 e. The predicted molar refractivity (Wildman–Crippen MR) is 78.9 cm³/mol. The van der Waals surface area contributed by atoms with Crippen molar-refractivity contribution in [2.45, 2.75) is 31.8 Å². The Morgan fingerprint density at radius 2 is 2.27 bits per heavy atom. The van der Waals surface area contributed by atoms with Gasteiger partial charge in [0.25, 0.3) is 0 Å². The summed E-state index contributed by atoms with van der Waals surface area (Å²) in [5.41, 5.74) is 0.905. The van der Waals surface area contributed by atoms with Crippen molar-refractivity contribution in [1.29, 1.82) is 0 Å². The minimum absolute atomic E-state index is 0.120. The number of rotatable bonds is 6. The molecule has 120 valence electrons. The molecule has 3 rings (SSSR count). The molecule has 0 spiro atoms. The maximum absolute atomic E-state index is 12.4. The molecule has 0 radical (unpaired) electrons. The summed E-state index contributed by atoms with van der Waals surface area (Å²) in [6.45, 7) is 1.85. The molecule has 1 fully saturated rings. The summed E-state index contributed by atoms with van der Waals surface area (Å²) in [5.74, 6) is 0.573. The van der Waals surface area contributed by atoms with E-state index >= 15 is 0 Å². The van der Waals surface area contributed by atoms with E-state index in [1.807, 2.05) is 6.07 Å². The second-order valence-electron chi connectivity index (χ2n) is 5.99. The lowest BCUT2D eigenvalue weighted by Gasteiger charge is -2.33. The summed E-state index contributed by atoms with van der Waals surface area (Å²) < 4.78 is 6.67. The molecule has 1 aromatic heterocycles. The van der Waals surface area contributed by atoms with Gasteiger partial charge in [-0.1, -0.05) is 0 Å². The zero-order valence-corrected chi connectivity index (χ0v) is 12.8. The third kappa shape index (κ3) is 3.30. The number of hydrogen-bond acceptors (Lipinski definition) is 4. The van der Waals surface area contributed by atoms with Gasteiger partial charge in [-0.25, -0.2) is 0 Å². The highest BCUT2D eigenvalue weighted by Gasteiger charge is 2.34. The number of nitrogens with one attached hydrogen (secondary N) is 1. The number of methoxy groups -OCH3 is 1. The Hall–Kier alpha value is -1.89. The van der Waals surface area contributed by atoms with Crippen molar-refractivity contribution in [2.24, 2.45) is 5.92 Å². The van der Waals surface area contributed by atoms with Crippen molar-refractivity contribution in [2.75, 3.05) is 26.8 Å². The average Bonchev–Trinajstić information content (AvgIpc) is 3.19. The molecule has 1 atom stereocenters. The van der Waals surface area contributed by atoms with Crippen LogP contribution >= 0.6 is 0 Å². The molecule has 1 aliphatic carbocycles. The van der Waals surface area contributed by atoms with Gasteiger partial charge in [-0.2, -0.15) is 5.10 Å². The number of carbonyl (C=O) groups excluding carboxylic acids is 2. The van der Waals surface area contributed by atoms with E-state index in [1.165, 1.54) is 0 Å². The highest BCUT2D eigenvalue weighted by molar-refractivity contribution is 5.83. The number of ether oxygens (including phenoxy) is 1. The highest BCUT2D eigenvalue weighted by atomic mass is 16.5. The number of nitrogens with zero attached hydrogens (tertiary/aromatic N) is 3. The predicted octanol–water partition coefficient (Wildman–Crippen LogP) is 0.329. The van der Waals surface area contributed by atoms with Crippen LogP contribution in [0, 0.1) is 5.92 Å². The first-order chi connectivity index (χ1) is 10.7. The van der Waals surface area contributed by atoms with Crippen LogP contribution < -0.4 is 5.32 Å². The first-order valence-corrected chi connectivity index (χ1v) is 7.76. The van der Waals surface area contributed by atoms with Gasteiger partial charge in [0, 0.05) is 26.3 Å². The van der Waals surface area contributed by atoms with Gasteiger partial charge in [-0.15, -0.1) is 0 Å². The van der Waals surface area contributed by atoms with Crippen LogP contribution in [0.4, 0.5) is 0 Å². The fourth-order valence-electron chi connectivity index (χ4n) is 2.77. The van der Waals surface area contributed by atoms with Gasteiger partial charge in [0.2, 0.25) is 11.8 Å². The Labute approximate surface area is 129 Å². The first-order valence-electron chi connectivity index (χ1n) is 7.76. The number of fused-ring (bicyclic) bond motifs is 1. The van der Waals surface area contributed by atoms with E-state index in [0.29, 0.717) is 38.6 Å². The van der Waals surface area contributed by atoms with Crippen LogP contribution in [0.1, 0.15) is 31.0 Å². The quantitative estimate of drug-likeness (QED) is 0.768. The molecule has 1 aromatic rings. The molecule has 2 aliphatic rings. The summed E-state index contributed by atoms with van der Waals surface area (Å²) in [5, 5.41) is 7.08. The number of hydrogen-bond donors (Lipinski definition) is 1. The van der Waals surface area contributed by atoms with Gasteiger partial charge in [-0.3, -0.25) is 14.3 Å². The standard InChI is InChI=1S/C15H22N4O3/c1-22-7-6-16-15(21)13-10-18(14(20)8-11-2-3-11)9-12-4-5-17-19(12)13/h4-5,11,13H,2-3,6-10H2,1H3,(H,16,21)/t13-/m1/s1. The Morgan fingerprint density at radius 1 is 1.45 bits per heavy atom. The molecule has 2 heterocycles. The zero-order chi connectivity index (χ0) is 15.5. The summed E-state index contributed by atoms with van der Waals surface area (Å²) >= 11 is 0. The van der Waals surface area contributed by atoms with Crippen molar-refractivity contribution in [1.82, 2.24) is 20.0 Å². The van der Waals surface area contributed by atoms with E-state index in [-0.39, 0.29) is 11.8 Å². The topological polar surface area (TPSA) is 76.5 Å². The van der Waals surface area contributed by atoms with E-state index in [1.54, 1.807) is 22.9 Å². The van der Waals surface area contributed by atoms with Crippen LogP contribution in [0.5, 0.6) is 0 Å². The molecule has 0 bridgehead atoms. The second kappa shape index (κ2) is 6.48. The average molecular weight is 306 g/mol. The van der Waals surface area contributed by atoms with E-state index < -0.39 is 6.04 Å². The number of carbonyl (C=O) groups is 2. The van der Waals surface area contributed by atoms with Crippen LogP contribution in [0.15, 0.2) is 12.3 Å². The largest absolute Gasteiger partial charge is 0.383 e. The van der Waals surface area contributed by atoms with Crippen molar-refractivity contribution in [3.8, 4) is 0 Å². The Balaban J connectivity index is 1.68. The summed E-state index contributed by atoms with van der Waals surface area (Å²) in [6, 6.07) is 1.41. The van der Waals surface area contributed by atoms with E-state index in [4.69, 9.17) is 4.74 Å². The van der Waals surface area contributed by atoms with Crippen LogP contribution in [-0.2, 0) is 20.9 Å². The molecular weight excluding hydrogens is 284 g/mol. The van der Waals surface area contributed by atoms with Crippen molar-refractivity contribution < 1.29 is 14.3 Å². The van der Waals surface area contributed by atoms with Gasteiger partial charge >= 0.3 is 0 Å². The van der Waals surface area contributed by atoms with Gasteiger partial charge in [-0.05, 0) is 24.8 Å². The lowest BCUT2D eigenvalue weighted by atomic mass is 10.1. The molecule has 22 heavy (non-hydrogen) atoms. The molecule has 1 aliphatic heterocycles. The molecule has 7 heteroatoms. The third-order valence-electron chi connectivity index (χ3n) is 4.21. The second-order valence-corrected chi connectivity index (χ2v) is 5.99. The van der Waals surface area contributed by atoms with Crippen molar-refractivity contribution >= 4 is 11.8 Å². The Morgan fingerprint density at radius 3 is 3.00 bits per heavy atom. The number of aromatic nitrogens is 2. The lowest BCUT2D eigenvalue weighted by Crippen LogP contribution is -2.47.